The fourth-order valence-electron chi connectivity index (χ4n) is 3.70. The van der Waals surface area contributed by atoms with Gasteiger partial charge < -0.3 is 11.1 Å². The summed E-state index contributed by atoms with van der Waals surface area (Å²) in [6.45, 7) is 6.38. The quantitative estimate of drug-likeness (QED) is 0.685. The molecule has 1 spiro atoms. The first-order valence-corrected chi connectivity index (χ1v) is 5.95. The maximum Gasteiger partial charge on any atom is 0.222 e. The largest absolute Gasteiger partial charge is 0.369 e. The standard InChI is InChI=1S/C12H22N2O/c1-11(2)4-3-5-12(7-11)8-14-6-9(12)10(13)15/h9,14H,3-8H2,1-2H3,(H2,13,15). The van der Waals surface area contributed by atoms with E-state index >= 15 is 0 Å². The molecule has 3 nitrogen and oxygen atoms in total. The molecule has 3 N–H and O–H groups in total. The lowest BCUT2D eigenvalue weighted by molar-refractivity contribution is -0.125. The highest BCUT2D eigenvalue weighted by molar-refractivity contribution is 5.78. The normalized spacial score (nSPS) is 39.5. The van der Waals surface area contributed by atoms with Crippen molar-refractivity contribution in [2.45, 2.75) is 39.5 Å². The SMILES string of the molecule is CC1(C)CCCC2(CNCC2C(N)=O)C1. The number of nitrogens with one attached hydrogen (secondary N) is 1. The van der Waals surface area contributed by atoms with E-state index in [1.807, 2.05) is 0 Å². The van der Waals surface area contributed by atoms with Crippen LogP contribution in [0.3, 0.4) is 0 Å². The summed E-state index contributed by atoms with van der Waals surface area (Å²) < 4.78 is 0. The van der Waals surface area contributed by atoms with Crippen LogP contribution >= 0.6 is 0 Å². The highest BCUT2D eigenvalue weighted by atomic mass is 16.1. The Morgan fingerprint density at radius 2 is 2.13 bits per heavy atom. The molecule has 1 amide bonds. The number of hydrogen-bond acceptors (Lipinski definition) is 2. The van der Waals surface area contributed by atoms with Crippen LogP contribution in [0.15, 0.2) is 0 Å². The lowest BCUT2D eigenvalue weighted by Crippen LogP contribution is -2.44. The van der Waals surface area contributed by atoms with Gasteiger partial charge in [0.25, 0.3) is 0 Å². The minimum absolute atomic E-state index is 0.0528. The lowest BCUT2D eigenvalue weighted by Gasteiger charge is -2.44. The number of carbonyl (C=O) groups excluding carboxylic acids is 1. The highest BCUT2D eigenvalue weighted by Crippen LogP contribution is 2.51. The van der Waals surface area contributed by atoms with Gasteiger partial charge in [-0.05, 0) is 30.1 Å². The van der Waals surface area contributed by atoms with Gasteiger partial charge in [-0.25, -0.2) is 0 Å². The summed E-state index contributed by atoms with van der Waals surface area (Å²) in [4.78, 5) is 11.5. The smallest absolute Gasteiger partial charge is 0.222 e. The van der Waals surface area contributed by atoms with Gasteiger partial charge in [-0.1, -0.05) is 20.3 Å². The molecular weight excluding hydrogens is 188 g/mol. The van der Waals surface area contributed by atoms with E-state index in [2.05, 4.69) is 19.2 Å². The van der Waals surface area contributed by atoms with Gasteiger partial charge in [0.15, 0.2) is 0 Å². The van der Waals surface area contributed by atoms with E-state index in [1.165, 1.54) is 12.8 Å². The van der Waals surface area contributed by atoms with Crippen molar-refractivity contribution < 1.29 is 4.79 Å². The molecule has 2 rings (SSSR count). The third-order valence-corrected chi connectivity index (χ3v) is 4.27. The first-order valence-electron chi connectivity index (χ1n) is 5.95. The van der Waals surface area contributed by atoms with Crippen molar-refractivity contribution in [2.24, 2.45) is 22.5 Å². The Morgan fingerprint density at radius 3 is 2.73 bits per heavy atom. The predicted octanol–water partition coefficient (Wildman–Crippen LogP) is 1.28. The zero-order valence-corrected chi connectivity index (χ0v) is 9.81. The molecule has 1 saturated heterocycles. The van der Waals surface area contributed by atoms with Gasteiger partial charge in [0.05, 0.1) is 5.92 Å². The van der Waals surface area contributed by atoms with Gasteiger partial charge in [0, 0.05) is 13.1 Å². The van der Waals surface area contributed by atoms with Crippen molar-refractivity contribution in [1.82, 2.24) is 5.32 Å². The monoisotopic (exact) mass is 210 g/mol. The van der Waals surface area contributed by atoms with E-state index in [0.717, 1.165) is 25.9 Å². The number of nitrogens with two attached hydrogens (primary N) is 1. The molecule has 15 heavy (non-hydrogen) atoms. The van der Waals surface area contributed by atoms with Crippen LogP contribution in [0.4, 0.5) is 0 Å². The highest BCUT2D eigenvalue weighted by Gasteiger charge is 2.50. The molecule has 0 aromatic heterocycles. The fraction of sp³-hybridized carbons (Fsp3) is 0.917. The van der Waals surface area contributed by atoms with Gasteiger partial charge in [-0.3, -0.25) is 4.79 Å². The Morgan fingerprint density at radius 1 is 1.40 bits per heavy atom. The number of hydrogen-bond donors (Lipinski definition) is 2. The second kappa shape index (κ2) is 3.48. The third-order valence-electron chi connectivity index (χ3n) is 4.27. The summed E-state index contributed by atoms with van der Waals surface area (Å²) in [6.07, 6.45) is 4.82. The van der Waals surface area contributed by atoms with Gasteiger partial charge in [0.2, 0.25) is 5.91 Å². The molecule has 2 unspecified atom stereocenters. The van der Waals surface area contributed by atoms with E-state index in [1.54, 1.807) is 0 Å². The second-order valence-corrected chi connectivity index (χ2v) is 6.14. The Bertz CT molecular complexity index is 275. The Balaban J connectivity index is 2.21. The molecule has 1 saturated carbocycles. The van der Waals surface area contributed by atoms with Crippen LogP contribution < -0.4 is 11.1 Å². The molecule has 2 atom stereocenters. The molecule has 86 valence electrons. The fourth-order valence-corrected chi connectivity index (χ4v) is 3.70. The lowest BCUT2D eigenvalue weighted by atomic mass is 9.59. The molecular formula is C12H22N2O. The van der Waals surface area contributed by atoms with Crippen molar-refractivity contribution in [1.29, 1.82) is 0 Å². The minimum Gasteiger partial charge on any atom is -0.369 e. The van der Waals surface area contributed by atoms with Gasteiger partial charge in [-0.2, -0.15) is 0 Å². The van der Waals surface area contributed by atoms with Crippen LogP contribution in [0.1, 0.15) is 39.5 Å². The summed E-state index contributed by atoms with van der Waals surface area (Å²) in [7, 11) is 0. The van der Waals surface area contributed by atoms with Crippen molar-refractivity contribution in [3.05, 3.63) is 0 Å². The van der Waals surface area contributed by atoms with Crippen LogP contribution in [0.2, 0.25) is 0 Å². The maximum atomic E-state index is 11.5. The summed E-state index contributed by atoms with van der Waals surface area (Å²) in [6, 6.07) is 0. The van der Waals surface area contributed by atoms with Gasteiger partial charge in [0.1, 0.15) is 0 Å². The Kier molecular flexibility index (Phi) is 2.53. The van der Waals surface area contributed by atoms with Crippen LogP contribution in [-0.4, -0.2) is 19.0 Å². The average Bonchev–Trinajstić information content (AvgIpc) is 2.45. The molecule has 0 bridgehead atoms. The summed E-state index contributed by atoms with van der Waals surface area (Å²) in [5.41, 5.74) is 6.05. The molecule has 1 aliphatic heterocycles. The van der Waals surface area contributed by atoms with Crippen molar-refractivity contribution in [3.8, 4) is 0 Å². The molecule has 1 aliphatic carbocycles. The molecule has 1 heterocycles. The van der Waals surface area contributed by atoms with Crippen molar-refractivity contribution in [3.63, 3.8) is 0 Å². The van der Waals surface area contributed by atoms with Crippen LogP contribution in [0, 0.1) is 16.7 Å². The topological polar surface area (TPSA) is 55.1 Å². The summed E-state index contributed by atoms with van der Waals surface area (Å²) in [5, 5.41) is 3.35. The van der Waals surface area contributed by atoms with Crippen LogP contribution in [-0.2, 0) is 4.79 Å². The Hall–Kier alpha value is -0.570. The number of rotatable bonds is 1. The number of amides is 1. The predicted molar refractivity (Wildman–Crippen MR) is 60.2 cm³/mol. The average molecular weight is 210 g/mol. The van der Waals surface area contributed by atoms with E-state index in [4.69, 9.17) is 5.73 Å². The first kappa shape index (κ1) is 10.9. The summed E-state index contributed by atoms with van der Waals surface area (Å²) in [5.74, 6) is -0.0604. The van der Waals surface area contributed by atoms with Crippen molar-refractivity contribution >= 4 is 5.91 Å². The van der Waals surface area contributed by atoms with E-state index in [9.17, 15) is 4.79 Å². The zero-order chi connectivity index (χ0) is 11.1. The minimum atomic E-state index is -0.113. The molecule has 2 fully saturated rings. The van der Waals surface area contributed by atoms with Gasteiger partial charge >= 0.3 is 0 Å². The number of carbonyl (C=O) groups is 1. The van der Waals surface area contributed by atoms with E-state index in [0.29, 0.717) is 5.41 Å². The molecule has 0 aromatic rings. The molecule has 0 radical (unpaired) electrons. The first-order chi connectivity index (χ1) is 6.95. The molecule has 3 heteroatoms. The zero-order valence-electron chi connectivity index (χ0n) is 9.81. The third kappa shape index (κ3) is 1.89. The summed E-state index contributed by atoms with van der Waals surface area (Å²) >= 11 is 0. The van der Waals surface area contributed by atoms with Crippen LogP contribution in [0.25, 0.3) is 0 Å². The maximum absolute atomic E-state index is 11.5. The Labute approximate surface area is 91.8 Å². The van der Waals surface area contributed by atoms with Gasteiger partial charge in [-0.15, -0.1) is 0 Å². The number of primary amides is 1. The molecule has 2 aliphatic rings. The van der Waals surface area contributed by atoms with Crippen molar-refractivity contribution in [2.75, 3.05) is 13.1 Å². The molecule has 0 aromatic carbocycles. The van der Waals surface area contributed by atoms with E-state index in [-0.39, 0.29) is 17.2 Å². The second-order valence-electron chi connectivity index (χ2n) is 6.14. The van der Waals surface area contributed by atoms with Crippen LogP contribution in [0.5, 0.6) is 0 Å². The van der Waals surface area contributed by atoms with E-state index < -0.39 is 0 Å².